The van der Waals surface area contributed by atoms with Crippen molar-refractivity contribution < 1.29 is 14.0 Å². The molecule has 2 N–H and O–H groups in total. The molecule has 0 fully saturated rings. The van der Waals surface area contributed by atoms with Gasteiger partial charge in [-0.15, -0.1) is 0 Å². The van der Waals surface area contributed by atoms with Gasteiger partial charge in [-0.25, -0.2) is 4.39 Å². The van der Waals surface area contributed by atoms with Gasteiger partial charge in [0.25, 0.3) is 5.91 Å². The topological polar surface area (TPSA) is 58.2 Å². The predicted molar refractivity (Wildman–Crippen MR) is 167 cm³/mol. The fourth-order valence-electron chi connectivity index (χ4n) is 5.06. The minimum atomic E-state index is -0.354. The van der Waals surface area contributed by atoms with Crippen molar-refractivity contribution in [3.05, 3.63) is 59.9 Å². The van der Waals surface area contributed by atoms with Crippen molar-refractivity contribution in [1.29, 1.82) is 0 Å². The van der Waals surface area contributed by atoms with Crippen LogP contribution in [0.15, 0.2) is 48.5 Å². The number of hydrogen-bond acceptors (Lipinski definition) is 2. The summed E-state index contributed by atoms with van der Waals surface area (Å²) in [5.41, 5.74) is 1.56. The molecule has 0 aromatic heterocycles. The van der Waals surface area contributed by atoms with E-state index in [9.17, 15) is 14.0 Å². The smallest absolute Gasteiger partial charge is 0.255 e. The molecule has 2 rings (SSSR count). The molecule has 0 bridgehead atoms. The number of carbonyl (C=O) groups is 2. The first-order valence-corrected chi connectivity index (χ1v) is 16.1. The van der Waals surface area contributed by atoms with E-state index in [1.165, 1.54) is 133 Å². The van der Waals surface area contributed by atoms with Crippen LogP contribution in [0.5, 0.6) is 0 Å². The number of unbranched alkanes of at least 4 members (excludes halogenated alkanes) is 18. The predicted octanol–water partition coefficient (Wildman–Crippen LogP) is 10.8. The summed E-state index contributed by atoms with van der Waals surface area (Å²) in [4.78, 5) is 24.8. The van der Waals surface area contributed by atoms with Crippen LogP contribution in [-0.4, -0.2) is 11.8 Å². The number of carbonyl (C=O) groups excluding carboxylic acids is 2. The van der Waals surface area contributed by atoms with Gasteiger partial charge in [-0.3, -0.25) is 9.59 Å². The number of hydrogen-bond donors (Lipinski definition) is 2. The van der Waals surface area contributed by atoms with E-state index >= 15 is 0 Å². The van der Waals surface area contributed by atoms with Crippen molar-refractivity contribution in [2.75, 3.05) is 10.6 Å². The van der Waals surface area contributed by atoms with Gasteiger partial charge in [0.2, 0.25) is 5.91 Å². The molecule has 0 aliphatic rings. The molecular formula is C35H53FN2O2. The summed E-state index contributed by atoms with van der Waals surface area (Å²) in [5, 5.41) is 5.64. The second-order valence-corrected chi connectivity index (χ2v) is 11.2. The van der Waals surface area contributed by atoms with Gasteiger partial charge in [-0.2, -0.15) is 0 Å². The average molecular weight is 553 g/mol. The third-order valence-electron chi connectivity index (χ3n) is 7.52. The zero-order valence-electron chi connectivity index (χ0n) is 25.0. The first-order chi connectivity index (χ1) is 19.6. The standard InChI is InChI=1S/C35H53FN2O2/c1-2-3-4-5-6-7-8-9-10-11-12-13-14-15-16-17-18-19-20-24-34(39)37-33-23-21-22-30(29-33)35(40)38-32-27-25-31(36)26-28-32/h21-23,25-29H,2-20,24H2,1H3,(H,37,39)(H,38,40). The number of halogens is 1. The van der Waals surface area contributed by atoms with Crippen molar-refractivity contribution in [2.24, 2.45) is 0 Å². The van der Waals surface area contributed by atoms with Crippen LogP contribution in [0.3, 0.4) is 0 Å². The van der Waals surface area contributed by atoms with Gasteiger partial charge in [0.15, 0.2) is 0 Å². The normalized spacial score (nSPS) is 10.9. The molecule has 0 spiro atoms. The Bertz CT molecular complexity index is 945. The van der Waals surface area contributed by atoms with E-state index in [1.54, 1.807) is 24.3 Å². The minimum Gasteiger partial charge on any atom is -0.326 e. The van der Waals surface area contributed by atoms with Crippen LogP contribution in [0.25, 0.3) is 0 Å². The Labute approximate surface area is 242 Å². The molecule has 222 valence electrons. The molecule has 2 aromatic carbocycles. The Hall–Kier alpha value is -2.69. The third kappa shape index (κ3) is 16.4. The molecule has 4 nitrogen and oxygen atoms in total. The van der Waals surface area contributed by atoms with Crippen molar-refractivity contribution in [1.82, 2.24) is 0 Å². The van der Waals surface area contributed by atoms with Crippen molar-refractivity contribution in [3.63, 3.8) is 0 Å². The number of rotatable bonds is 23. The molecule has 0 radical (unpaired) electrons. The molecule has 5 heteroatoms. The van der Waals surface area contributed by atoms with E-state index in [0.29, 0.717) is 23.4 Å². The number of benzene rings is 2. The zero-order chi connectivity index (χ0) is 28.7. The molecular weight excluding hydrogens is 499 g/mol. The van der Waals surface area contributed by atoms with E-state index < -0.39 is 0 Å². The summed E-state index contributed by atoms with van der Waals surface area (Å²) < 4.78 is 13.1. The van der Waals surface area contributed by atoms with Crippen LogP contribution in [0.2, 0.25) is 0 Å². The van der Waals surface area contributed by atoms with Crippen molar-refractivity contribution >= 4 is 23.2 Å². The molecule has 2 amide bonds. The maximum absolute atomic E-state index is 13.1. The molecule has 0 atom stereocenters. The Kier molecular flexibility index (Phi) is 18.5. The van der Waals surface area contributed by atoms with Crippen molar-refractivity contribution in [3.8, 4) is 0 Å². The van der Waals surface area contributed by atoms with E-state index in [4.69, 9.17) is 0 Å². The van der Waals surface area contributed by atoms with Crippen LogP contribution in [0.1, 0.15) is 146 Å². The summed E-state index contributed by atoms with van der Waals surface area (Å²) in [6.45, 7) is 2.28. The van der Waals surface area contributed by atoms with E-state index in [0.717, 1.165) is 12.8 Å². The SMILES string of the molecule is CCCCCCCCCCCCCCCCCCCCCC(=O)Nc1cccc(C(=O)Nc2ccc(F)cc2)c1. The molecule has 0 saturated heterocycles. The number of nitrogens with one attached hydrogen (secondary N) is 2. The highest BCUT2D eigenvalue weighted by atomic mass is 19.1. The highest BCUT2D eigenvalue weighted by Crippen LogP contribution is 2.17. The van der Waals surface area contributed by atoms with Crippen LogP contribution in [0.4, 0.5) is 15.8 Å². The van der Waals surface area contributed by atoms with Gasteiger partial charge in [0, 0.05) is 23.4 Å². The molecule has 0 unspecified atom stereocenters. The zero-order valence-corrected chi connectivity index (χ0v) is 25.0. The summed E-state index contributed by atoms with van der Waals surface area (Å²) in [6, 6.07) is 12.5. The lowest BCUT2D eigenvalue weighted by Gasteiger charge is -2.09. The van der Waals surface area contributed by atoms with Crippen LogP contribution in [-0.2, 0) is 4.79 Å². The maximum atomic E-state index is 13.1. The molecule has 0 aliphatic carbocycles. The van der Waals surface area contributed by atoms with Crippen molar-refractivity contribution in [2.45, 2.75) is 135 Å². The average Bonchev–Trinajstić information content (AvgIpc) is 2.95. The van der Waals surface area contributed by atoms with E-state index in [2.05, 4.69) is 17.6 Å². The second kappa shape index (κ2) is 22.1. The summed E-state index contributed by atoms with van der Waals surface area (Å²) in [6.07, 6.45) is 25.8. The van der Waals surface area contributed by atoms with Crippen LogP contribution in [0, 0.1) is 5.82 Å². The summed E-state index contributed by atoms with van der Waals surface area (Å²) in [5.74, 6) is -0.683. The van der Waals surface area contributed by atoms with Gasteiger partial charge in [-0.1, -0.05) is 129 Å². The van der Waals surface area contributed by atoms with Gasteiger partial charge in [0.05, 0.1) is 0 Å². The lowest BCUT2D eigenvalue weighted by molar-refractivity contribution is -0.116. The quantitative estimate of drug-likeness (QED) is 0.135. The monoisotopic (exact) mass is 552 g/mol. The van der Waals surface area contributed by atoms with Crippen LogP contribution < -0.4 is 10.6 Å². The van der Waals surface area contributed by atoms with E-state index in [-0.39, 0.29) is 17.6 Å². The highest BCUT2D eigenvalue weighted by molar-refractivity contribution is 6.05. The lowest BCUT2D eigenvalue weighted by Crippen LogP contribution is -2.14. The molecule has 0 saturated carbocycles. The Morgan fingerprint density at radius 1 is 0.575 bits per heavy atom. The molecule has 0 heterocycles. The van der Waals surface area contributed by atoms with Gasteiger partial charge >= 0.3 is 0 Å². The van der Waals surface area contributed by atoms with Crippen LogP contribution >= 0.6 is 0 Å². The molecule has 0 aliphatic heterocycles. The second-order valence-electron chi connectivity index (χ2n) is 11.2. The fraction of sp³-hybridized carbons (Fsp3) is 0.600. The van der Waals surface area contributed by atoms with Gasteiger partial charge < -0.3 is 10.6 Å². The summed E-state index contributed by atoms with van der Waals surface area (Å²) >= 11 is 0. The Morgan fingerprint density at radius 3 is 1.55 bits per heavy atom. The summed E-state index contributed by atoms with van der Waals surface area (Å²) in [7, 11) is 0. The number of anilines is 2. The highest BCUT2D eigenvalue weighted by Gasteiger charge is 2.09. The molecule has 2 aromatic rings. The fourth-order valence-corrected chi connectivity index (χ4v) is 5.06. The maximum Gasteiger partial charge on any atom is 0.255 e. The van der Waals surface area contributed by atoms with Gasteiger partial charge in [-0.05, 0) is 48.9 Å². The lowest BCUT2D eigenvalue weighted by atomic mass is 10.0. The Balaban J connectivity index is 1.41. The minimum absolute atomic E-state index is 0.0249. The first kappa shape index (κ1) is 33.5. The Morgan fingerprint density at radius 2 is 1.05 bits per heavy atom. The largest absolute Gasteiger partial charge is 0.326 e. The molecule has 40 heavy (non-hydrogen) atoms. The first-order valence-electron chi connectivity index (χ1n) is 16.1. The third-order valence-corrected chi connectivity index (χ3v) is 7.52. The van der Waals surface area contributed by atoms with E-state index in [1.807, 2.05) is 0 Å². The number of amides is 2. The van der Waals surface area contributed by atoms with Gasteiger partial charge in [0.1, 0.15) is 5.82 Å².